The van der Waals surface area contributed by atoms with E-state index in [1.54, 1.807) is 0 Å². The van der Waals surface area contributed by atoms with E-state index in [1.165, 1.54) is 5.56 Å². The van der Waals surface area contributed by atoms with Crippen molar-refractivity contribution in [1.29, 1.82) is 0 Å². The molecule has 0 unspecified atom stereocenters. The topological polar surface area (TPSA) is 55.6 Å². The molecule has 1 fully saturated rings. The van der Waals surface area contributed by atoms with Gasteiger partial charge in [0.25, 0.3) is 0 Å². The van der Waals surface area contributed by atoms with Crippen molar-refractivity contribution in [2.75, 3.05) is 19.6 Å². The van der Waals surface area contributed by atoms with Gasteiger partial charge in [0.05, 0.1) is 6.10 Å². The minimum absolute atomic E-state index is 0.0211. The minimum Gasteiger partial charge on any atom is -0.367 e. The van der Waals surface area contributed by atoms with Crippen molar-refractivity contribution in [2.45, 2.75) is 32.0 Å². The van der Waals surface area contributed by atoms with Crippen LogP contribution >= 0.6 is 11.6 Å². The second-order valence-corrected chi connectivity index (χ2v) is 5.95. The van der Waals surface area contributed by atoms with Crippen molar-refractivity contribution < 1.29 is 9.53 Å². The van der Waals surface area contributed by atoms with Crippen LogP contribution in [0.4, 0.5) is 0 Å². The molecule has 1 aliphatic rings. The third-order valence-corrected chi connectivity index (χ3v) is 3.84. The number of halogens is 1. The van der Waals surface area contributed by atoms with Gasteiger partial charge in [-0.05, 0) is 30.5 Å². The molecule has 0 aromatic heterocycles. The second kappa shape index (κ2) is 6.57. The van der Waals surface area contributed by atoms with Gasteiger partial charge in [0.2, 0.25) is 5.91 Å². The van der Waals surface area contributed by atoms with E-state index >= 15 is 0 Å². The van der Waals surface area contributed by atoms with Gasteiger partial charge >= 0.3 is 0 Å². The first-order chi connectivity index (χ1) is 9.45. The summed E-state index contributed by atoms with van der Waals surface area (Å²) in [6.07, 6.45) is -0.488. The standard InChI is InChI=1S/C15H21ClN2O2/c1-10(12-4-3-5-13(16)6-12)7-18-8-11(2)20-14(9-18)15(17)19/h3-6,10-11,14H,7-9H2,1-2H3,(H2,17,19)/t10-,11+,14-/m0/s1. The first kappa shape index (κ1) is 15.3. The van der Waals surface area contributed by atoms with Crippen LogP contribution in [0.1, 0.15) is 25.3 Å². The molecule has 1 amide bonds. The molecule has 5 heteroatoms. The average molecular weight is 297 g/mol. The van der Waals surface area contributed by atoms with Crippen LogP contribution in [0.5, 0.6) is 0 Å². The van der Waals surface area contributed by atoms with Crippen molar-refractivity contribution in [1.82, 2.24) is 4.90 Å². The van der Waals surface area contributed by atoms with Crippen LogP contribution in [0.3, 0.4) is 0 Å². The van der Waals surface area contributed by atoms with Crippen molar-refractivity contribution >= 4 is 17.5 Å². The predicted octanol–water partition coefficient (Wildman–Crippen LogP) is 2.02. The van der Waals surface area contributed by atoms with Crippen molar-refractivity contribution in [2.24, 2.45) is 5.73 Å². The van der Waals surface area contributed by atoms with Crippen molar-refractivity contribution in [3.63, 3.8) is 0 Å². The van der Waals surface area contributed by atoms with Crippen molar-refractivity contribution in [3.05, 3.63) is 34.9 Å². The lowest BCUT2D eigenvalue weighted by Crippen LogP contribution is -2.52. The van der Waals surface area contributed by atoms with Crippen LogP contribution in [0.2, 0.25) is 5.02 Å². The van der Waals surface area contributed by atoms with E-state index in [9.17, 15) is 4.79 Å². The summed E-state index contributed by atoms with van der Waals surface area (Å²) >= 11 is 6.02. The summed E-state index contributed by atoms with van der Waals surface area (Å²) in [6, 6.07) is 7.90. The summed E-state index contributed by atoms with van der Waals surface area (Å²) in [4.78, 5) is 13.5. The molecule has 3 atom stereocenters. The molecule has 2 N–H and O–H groups in total. The molecule has 0 radical (unpaired) electrons. The number of nitrogens with two attached hydrogens (primary N) is 1. The Morgan fingerprint density at radius 2 is 2.30 bits per heavy atom. The number of carbonyl (C=O) groups is 1. The van der Waals surface area contributed by atoms with E-state index in [0.717, 1.165) is 18.1 Å². The SMILES string of the molecule is C[C@@H]1CN(C[C@H](C)c2cccc(Cl)c2)C[C@@H](C(N)=O)O1. The molecule has 0 aliphatic carbocycles. The Labute approximate surface area is 124 Å². The monoisotopic (exact) mass is 296 g/mol. The number of benzene rings is 1. The van der Waals surface area contributed by atoms with Crippen LogP contribution < -0.4 is 5.73 Å². The highest BCUT2D eigenvalue weighted by molar-refractivity contribution is 6.30. The van der Waals surface area contributed by atoms with Gasteiger partial charge in [-0.1, -0.05) is 30.7 Å². The van der Waals surface area contributed by atoms with E-state index in [1.807, 2.05) is 25.1 Å². The van der Waals surface area contributed by atoms with Crippen LogP contribution in [0, 0.1) is 0 Å². The molecule has 110 valence electrons. The second-order valence-electron chi connectivity index (χ2n) is 5.51. The maximum absolute atomic E-state index is 11.3. The van der Waals surface area contributed by atoms with Gasteiger partial charge in [0, 0.05) is 24.7 Å². The van der Waals surface area contributed by atoms with Crippen molar-refractivity contribution in [3.8, 4) is 0 Å². The third-order valence-electron chi connectivity index (χ3n) is 3.60. The molecule has 0 spiro atoms. The fraction of sp³-hybridized carbons (Fsp3) is 0.533. The summed E-state index contributed by atoms with van der Waals surface area (Å²) in [6.45, 7) is 6.36. The normalized spacial score (nSPS) is 25.4. The number of nitrogens with zero attached hydrogens (tertiary/aromatic N) is 1. The van der Waals surface area contributed by atoms with Gasteiger partial charge in [-0.25, -0.2) is 0 Å². The zero-order valence-corrected chi connectivity index (χ0v) is 12.6. The van der Waals surface area contributed by atoms with Gasteiger partial charge in [-0.3, -0.25) is 9.69 Å². The number of primary amides is 1. The predicted molar refractivity (Wildman–Crippen MR) is 79.8 cm³/mol. The summed E-state index contributed by atoms with van der Waals surface area (Å²) in [5, 5.41) is 0.750. The zero-order valence-electron chi connectivity index (χ0n) is 11.9. The molecule has 20 heavy (non-hydrogen) atoms. The highest BCUT2D eigenvalue weighted by Gasteiger charge is 2.29. The average Bonchev–Trinajstić information content (AvgIpc) is 2.37. The highest BCUT2D eigenvalue weighted by atomic mass is 35.5. The molecule has 0 saturated carbocycles. The Morgan fingerprint density at radius 1 is 1.55 bits per heavy atom. The molecule has 0 bridgehead atoms. The fourth-order valence-electron chi connectivity index (χ4n) is 2.65. The number of morpholine rings is 1. The third kappa shape index (κ3) is 3.95. The molecular weight excluding hydrogens is 276 g/mol. The van der Waals surface area contributed by atoms with Crippen LogP contribution in [-0.2, 0) is 9.53 Å². The Kier molecular flexibility index (Phi) is 5.02. The minimum atomic E-state index is -0.509. The first-order valence-corrected chi connectivity index (χ1v) is 7.26. The lowest BCUT2D eigenvalue weighted by molar-refractivity contribution is -0.142. The van der Waals surface area contributed by atoms with Crippen LogP contribution in [0.15, 0.2) is 24.3 Å². The first-order valence-electron chi connectivity index (χ1n) is 6.88. The summed E-state index contributed by atoms with van der Waals surface area (Å²) in [7, 11) is 0. The van der Waals surface area contributed by atoms with Gasteiger partial charge in [-0.15, -0.1) is 0 Å². The quantitative estimate of drug-likeness (QED) is 0.925. The maximum Gasteiger partial charge on any atom is 0.247 e. The Bertz CT molecular complexity index is 481. The molecule has 1 aliphatic heterocycles. The molecular formula is C15H21ClN2O2. The summed E-state index contributed by atoms with van der Waals surface area (Å²) in [5.74, 6) is -0.0514. The molecule has 1 heterocycles. The van der Waals surface area contributed by atoms with Gasteiger partial charge in [0.1, 0.15) is 6.10 Å². The van der Waals surface area contributed by atoms with E-state index in [4.69, 9.17) is 22.1 Å². The Hall–Kier alpha value is -1.10. The number of hydrogen-bond donors (Lipinski definition) is 1. The van der Waals surface area contributed by atoms with E-state index in [0.29, 0.717) is 12.5 Å². The molecule has 1 aromatic rings. The number of amides is 1. The van der Waals surface area contributed by atoms with Crippen LogP contribution in [0.25, 0.3) is 0 Å². The smallest absolute Gasteiger partial charge is 0.247 e. The summed E-state index contributed by atoms with van der Waals surface area (Å²) in [5.41, 5.74) is 6.55. The van der Waals surface area contributed by atoms with Gasteiger partial charge in [-0.2, -0.15) is 0 Å². The van der Waals surface area contributed by atoms with Gasteiger partial charge in [0.15, 0.2) is 0 Å². The zero-order chi connectivity index (χ0) is 14.7. The highest BCUT2D eigenvalue weighted by Crippen LogP contribution is 2.22. The largest absolute Gasteiger partial charge is 0.367 e. The van der Waals surface area contributed by atoms with Crippen LogP contribution in [-0.4, -0.2) is 42.6 Å². The lowest BCUT2D eigenvalue weighted by Gasteiger charge is -2.36. The van der Waals surface area contributed by atoms with E-state index in [-0.39, 0.29) is 6.10 Å². The lowest BCUT2D eigenvalue weighted by atomic mass is 10.00. The molecule has 1 saturated heterocycles. The number of hydrogen-bond acceptors (Lipinski definition) is 3. The number of rotatable bonds is 4. The molecule has 4 nitrogen and oxygen atoms in total. The molecule has 1 aromatic carbocycles. The molecule has 2 rings (SSSR count). The van der Waals surface area contributed by atoms with Gasteiger partial charge < -0.3 is 10.5 Å². The maximum atomic E-state index is 11.3. The van der Waals surface area contributed by atoms with E-state index in [2.05, 4.69) is 17.9 Å². The summed E-state index contributed by atoms with van der Waals surface area (Å²) < 4.78 is 5.55. The Morgan fingerprint density at radius 3 is 2.95 bits per heavy atom. The van der Waals surface area contributed by atoms with E-state index < -0.39 is 12.0 Å². The number of ether oxygens (including phenoxy) is 1. The Balaban J connectivity index is 1.99. The number of carbonyl (C=O) groups excluding carboxylic acids is 1. The fourth-order valence-corrected chi connectivity index (χ4v) is 2.85.